The van der Waals surface area contributed by atoms with Crippen LogP contribution in [0.15, 0.2) is 36.4 Å². The van der Waals surface area contributed by atoms with Crippen LogP contribution in [0.5, 0.6) is 17.2 Å². The summed E-state index contributed by atoms with van der Waals surface area (Å²) in [5, 5.41) is 5.62. The van der Waals surface area contributed by atoms with Crippen LogP contribution >= 0.6 is 0 Å². The first-order valence-electron chi connectivity index (χ1n) is 12.2. The van der Waals surface area contributed by atoms with Crippen molar-refractivity contribution in [2.75, 3.05) is 26.7 Å². The summed E-state index contributed by atoms with van der Waals surface area (Å²) in [7, 11) is 1.45. The number of benzene rings is 2. The van der Waals surface area contributed by atoms with Gasteiger partial charge in [-0.15, -0.1) is 0 Å². The lowest BCUT2D eigenvalue weighted by Gasteiger charge is -2.24. The molecule has 36 heavy (non-hydrogen) atoms. The van der Waals surface area contributed by atoms with E-state index in [2.05, 4.69) is 10.6 Å². The summed E-state index contributed by atoms with van der Waals surface area (Å²) in [6, 6.07) is 9.15. The number of amides is 3. The van der Waals surface area contributed by atoms with Gasteiger partial charge in [-0.25, -0.2) is 4.39 Å². The molecule has 2 aromatic rings. The monoisotopic (exact) mass is 499 g/mol. The number of ether oxygens (including phenoxy) is 2. The maximum atomic E-state index is 14.6. The van der Waals surface area contributed by atoms with Gasteiger partial charge in [0.05, 0.1) is 7.11 Å². The second kappa shape index (κ2) is 12.9. The summed E-state index contributed by atoms with van der Waals surface area (Å²) in [6.07, 6.45) is 1.67. The van der Waals surface area contributed by atoms with Gasteiger partial charge >= 0.3 is 0 Å². The predicted molar refractivity (Wildman–Crippen MR) is 134 cm³/mol. The molecule has 0 spiro atoms. The van der Waals surface area contributed by atoms with Crippen molar-refractivity contribution in [3.63, 3.8) is 0 Å². The van der Waals surface area contributed by atoms with Crippen LogP contribution in [0.3, 0.4) is 0 Å². The Hall–Kier alpha value is -3.62. The van der Waals surface area contributed by atoms with E-state index in [1.165, 1.54) is 19.2 Å². The molecule has 4 rings (SSSR count). The van der Waals surface area contributed by atoms with Gasteiger partial charge in [0.15, 0.2) is 11.5 Å². The third-order valence-corrected chi connectivity index (χ3v) is 5.84. The molecule has 2 aromatic carbocycles. The van der Waals surface area contributed by atoms with Crippen LogP contribution in [0, 0.1) is 11.7 Å². The van der Waals surface area contributed by atoms with Crippen molar-refractivity contribution >= 4 is 17.7 Å². The number of hydrogen-bond acceptors (Lipinski definition) is 5. The van der Waals surface area contributed by atoms with Gasteiger partial charge in [-0.1, -0.05) is 19.9 Å². The van der Waals surface area contributed by atoms with Crippen LogP contribution < -0.4 is 20.1 Å². The average molecular weight is 500 g/mol. The maximum Gasteiger partial charge on any atom is 0.251 e. The largest absolute Gasteiger partial charge is 0.493 e. The van der Waals surface area contributed by atoms with Crippen LogP contribution in [-0.2, 0) is 16.1 Å². The number of nitrogens with zero attached hydrogens (tertiary/aromatic N) is 1. The lowest BCUT2D eigenvalue weighted by molar-refractivity contribution is -0.132. The number of fused-ring (bicyclic) bond motifs is 13. The van der Waals surface area contributed by atoms with E-state index in [1.54, 1.807) is 29.2 Å². The van der Waals surface area contributed by atoms with Gasteiger partial charge in [0.1, 0.15) is 11.6 Å². The predicted octanol–water partition coefficient (Wildman–Crippen LogP) is 4.03. The smallest absolute Gasteiger partial charge is 0.251 e. The zero-order valence-corrected chi connectivity index (χ0v) is 21.1. The van der Waals surface area contributed by atoms with Crippen LogP contribution in [0.1, 0.15) is 55.5 Å². The molecule has 9 heteroatoms. The molecule has 0 unspecified atom stereocenters. The van der Waals surface area contributed by atoms with E-state index >= 15 is 0 Å². The van der Waals surface area contributed by atoms with Crippen LogP contribution in [0.25, 0.3) is 0 Å². The number of methoxy groups -OCH3 is 1. The highest BCUT2D eigenvalue weighted by molar-refractivity contribution is 5.94. The molecule has 0 saturated heterocycles. The first kappa shape index (κ1) is 27.0. The molecule has 2 bridgehead atoms. The Kier molecular flexibility index (Phi) is 9.67. The molecule has 0 fully saturated rings. The summed E-state index contributed by atoms with van der Waals surface area (Å²) >= 11 is 0. The van der Waals surface area contributed by atoms with Gasteiger partial charge in [-0.2, -0.15) is 0 Å². The zero-order valence-electron chi connectivity index (χ0n) is 21.1. The molecule has 0 aromatic heterocycles. The van der Waals surface area contributed by atoms with Gasteiger partial charge in [0.2, 0.25) is 11.8 Å². The van der Waals surface area contributed by atoms with E-state index in [-0.39, 0.29) is 47.9 Å². The summed E-state index contributed by atoms with van der Waals surface area (Å²) < 4.78 is 26.0. The van der Waals surface area contributed by atoms with Crippen molar-refractivity contribution < 1.29 is 28.2 Å². The number of nitrogens with one attached hydrogen (secondary N) is 2. The van der Waals surface area contributed by atoms with Crippen molar-refractivity contribution in [1.82, 2.24) is 15.5 Å². The highest BCUT2D eigenvalue weighted by atomic mass is 19.1. The highest BCUT2D eigenvalue weighted by Crippen LogP contribution is 2.34. The summed E-state index contributed by atoms with van der Waals surface area (Å²) in [5.74, 6) is 0.0540. The Morgan fingerprint density at radius 3 is 2.64 bits per heavy atom. The molecular weight excluding hydrogens is 465 g/mol. The van der Waals surface area contributed by atoms with Gasteiger partial charge < -0.3 is 25.0 Å². The Balaban J connectivity index is 1.86. The van der Waals surface area contributed by atoms with Crippen LogP contribution in [0.2, 0.25) is 0 Å². The fourth-order valence-corrected chi connectivity index (χ4v) is 3.94. The lowest BCUT2D eigenvalue weighted by Crippen LogP contribution is -2.36. The molecule has 2 heterocycles. The molecule has 2 aliphatic rings. The standard InChI is InChI=1S/C27H34FN3O5/c1-18(2)15-26(33)31-13-5-9-25(32)30-17-20-21(28)7-4-8-22(20)36-23-11-10-19(16-24(23)35-3)27(34)29-12-6-14-31/h4,7-8,10-11,16,18H,5-6,9,12-15,17H2,1-3H3,(H,29,34)(H,30,32). The third-order valence-electron chi connectivity index (χ3n) is 5.84. The Labute approximate surface area is 211 Å². The van der Waals surface area contributed by atoms with E-state index in [0.29, 0.717) is 56.0 Å². The van der Waals surface area contributed by atoms with Gasteiger partial charge in [0, 0.05) is 50.1 Å². The fraction of sp³-hybridized carbons (Fsp3) is 0.444. The van der Waals surface area contributed by atoms with Crippen molar-refractivity contribution in [3.05, 3.63) is 53.3 Å². The molecule has 0 saturated carbocycles. The summed E-state index contributed by atoms with van der Waals surface area (Å²) in [5.41, 5.74) is 0.581. The lowest BCUT2D eigenvalue weighted by atomic mass is 10.1. The average Bonchev–Trinajstić information content (AvgIpc) is 2.84. The number of rotatable bonds is 3. The minimum Gasteiger partial charge on any atom is -0.493 e. The summed E-state index contributed by atoms with van der Waals surface area (Å²) in [6.45, 7) is 5.20. The van der Waals surface area contributed by atoms with Gasteiger partial charge in [-0.3, -0.25) is 14.4 Å². The fourth-order valence-electron chi connectivity index (χ4n) is 3.94. The molecule has 0 aliphatic carbocycles. The van der Waals surface area contributed by atoms with Crippen LogP contribution in [-0.4, -0.2) is 49.4 Å². The Bertz CT molecular complexity index is 1090. The topological polar surface area (TPSA) is 97.0 Å². The Morgan fingerprint density at radius 2 is 1.89 bits per heavy atom. The molecule has 0 radical (unpaired) electrons. The number of carbonyl (C=O) groups is 3. The second-order valence-corrected chi connectivity index (χ2v) is 9.15. The minimum absolute atomic E-state index is 0.0242. The van der Waals surface area contributed by atoms with Gasteiger partial charge in [-0.05, 0) is 49.1 Å². The molecule has 2 N–H and O–H groups in total. The third kappa shape index (κ3) is 7.44. The number of carbonyl (C=O) groups excluding carboxylic acids is 3. The maximum absolute atomic E-state index is 14.6. The minimum atomic E-state index is -0.515. The number of hydrogen-bond donors (Lipinski definition) is 2. The van der Waals surface area contributed by atoms with E-state index in [0.717, 1.165) is 0 Å². The quantitative estimate of drug-likeness (QED) is 0.665. The van der Waals surface area contributed by atoms with E-state index in [4.69, 9.17) is 9.47 Å². The van der Waals surface area contributed by atoms with Crippen molar-refractivity contribution in [3.8, 4) is 17.2 Å². The van der Waals surface area contributed by atoms with E-state index in [1.807, 2.05) is 13.8 Å². The first-order chi connectivity index (χ1) is 17.3. The molecule has 0 atom stereocenters. The molecule has 194 valence electrons. The molecular formula is C27H34FN3O5. The number of halogens is 1. The first-order valence-corrected chi connectivity index (χ1v) is 12.2. The van der Waals surface area contributed by atoms with Gasteiger partial charge in [0.25, 0.3) is 5.91 Å². The van der Waals surface area contributed by atoms with Crippen LogP contribution in [0.4, 0.5) is 4.39 Å². The molecule has 2 aliphatic heterocycles. The highest BCUT2D eigenvalue weighted by Gasteiger charge is 2.18. The molecule has 3 amide bonds. The van der Waals surface area contributed by atoms with Crippen molar-refractivity contribution in [2.45, 2.75) is 46.1 Å². The second-order valence-electron chi connectivity index (χ2n) is 9.15. The Morgan fingerprint density at radius 1 is 1.11 bits per heavy atom. The van der Waals surface area contributed by atoms with Crippen molar-refractivity contribution in [2.24, 2.45) is 5.92 Å². The zero-order chi connectivity index (χ0) is 26.1. The normalized spacial score (nSPS) is 15.6. The molecule has 8 nitrogen and oxygen atoms in total. The summed E-state index contributed by atoms with van der Waals surface area (Å²) in [4.78, 5) is 39.6. The van der Waals surface area contributed by atoms with E-state index in [9.17, 15) is 18.8 Å². The van der Waals surface area contributed by atoms with E-state index < -0.39 is 5.82 Å². The SMILES string of the molecule is COc1cc2ccc1Oc1cccc(F)c1CNC(=O)CCCN(C(=O)CC(C)C)CCCNC2=O. The van der Waals surface area contributed by atoms with Crippen molar-refractivity contribution in [1.29, 1.82) is 0 Å².